The number of hydrogen-bond donors (Lipinski definition) is 0. The lowest BCUT2D eigenvalue weighted by Crippen LogP contribution is -2.12. The Bertz CT molecular complexity index is 531. The molecule has 0 saturated carbocycles. The molecule has 0 N–H and O–H groups in total. The molecule has 0 bridgehead atoms. The number of ether oxygens (including phenoxy) is 1. The summed E-state index contributed by atoms with van der Waals surface area (Å²) in [5.74, 6) is 0.377. The largest absolute Gasteiger partial charge is 0.459 e. The second-order valence-corrected chi connectivity index (χ2v) is 3.82. The van der Waals surface area contributed by atoms with Crippen molar-refractivity contribution in [3.8, 4) is 0 Å². The van der Waals surface area contributed by atoms with Gasteiger partial charge in [0.2, 0.25) is 0 Å². The predicted octanol–water partition coefficient (Wildman–Crippen LogP) is 1.60. The van der Waals surface area contributed by atoms with Gasteiger partial charge in [0.1, 0.15) is 11.4 Å². The molecule has 0 spiro atoms. The van der Waals surface area contributed by atoms with Crippen LogP contribution < -0.4 is 0 Å². The van der Waals surface area contributed by atoms with E-state index in [1.165, 1.54) is 0 Å². The number of rotatable bonds is 2. The highest BCUT2D eigenvalue weighted by molar-refractivity contribution is 5.95. The van der Waals surface area contributed by atoms with Crippen LogP contribution in [0.25, 0.3) is 5.65 Å². The molecule has 0 unspecified atom stereocenters. The first-order valence-corrected chi connectivity index (χ1v) is 5.11. The van der Waals surface area contributed by atoms with E-state index in [0.717, 1.165) is 5.82 Å². The molecule has 0 saturated heterocycles. The summed E-state index contributed by atoms with van der Waals surface area (Å²) in [5.41, 5.74) is 0.974. The number of aryl methyl sites for hydroxylation is 1. The molecule has 2 aromatic heterocycles. The Morgan fingerprint density at radius 2 is 2.19 bits per heavy atom. The smallest absolute Gasteiger partial charge is 0.342 e. The lowest BCUT2D eigenvalue weighted by molar-refractivity contribution is 0.0379. The van der Waals surface area contributed by atoms with E-state index in [-0.39, 0.29) is 12.1 Å². The number of carbonyl (C=O) groups excluding carboxylic acids is 1. The van der Waals surface area contributed by atoms with Gasteiger partial charge in [-0.1, -0.05) is 0 Å². The highest BCUT2D eigenvalue weighted by atomic mass is 16.5. The van der Waals surface area contributed by atoms with Crippen molar-refractivity contribution >= 4 is 11.6 Å². The molecule has 2 aromatic rings. The van der Waals surface area contributed by atoms with E-state index in [1.807, 2.05) is 27.0 Å². The molecule has 0 aliphatic carbocycles. The molecule has 0 aliphatic heterocycles. The van der Waals surface area contributed by atoms with Crippen molar-refractivity contribution in [2.45, 2.75) is 26.9 Å². The van der Waals surface area contributed by atoms with Crippen molar-refractivity contribution in [3.05, 3.63) is 29.7 Å². The Morgan fingerprint density at radius 1 is 1.44 bits per heavy atom. The molecule has 0 aromatic carbocycles. The molecule has 0 amide bonds. The summed E-state index contributed by atoms with van der Waals surface area (Å²) in [6, 6.07) is 3.47. The Labute approximate surface area is 93.1 Å². The molecule has 0 atom stereocenters. The van der Waals surface area contributed by atoms with Crippen LogP contribution in [-0.4, -0.2) is 26.7 Å². The van der Waals surface area contributed by atoms with E-state index in [0.29, 0.717) is 11.2 Å². The van der Waals surface area contributed by atoms with Crippen molar-refractivity contribution in [2.75, 3.05) is 0 Å². The van der Waals surface area contributed by atoms with Gasteiger partial charge in [-0.3, -0.25) is 4.40 Å². The number of hydrogen-bond acceptors (Lipinski definition) is 4. The quantitative estimate of drug-likeness (QED) is 0.720. The first-order valence-electron chi connectivity index (χ1n) is 5.11. The SMILES string of the molecule is Cc1nnc2c(C(=O)OC(C)C)cccn12. The summed E-state index contributed by atoms with van der Waals surface area (Å²) in [6.07, 6.45) is 1.67. The number of fused-ring (bicyclic) bond motifs is 1. The normalized spacial score (nSPS) is 11.0. The third kappa shape index (κ3) is 1.76. The van der Waals surface area contributed by atoms with Gasteiger partial charge in [0, 0.05) is 6.20 Å². The van der Waals surface area contributed by atoms with Crippen LogP contribution in [0.5, 0.6) is 0 Å². The minimum atomic E-state index is -0.368. The van der Waals surface area contributed by atoms with Gasteiger partial charge in [-0.2, -0.15) is 0 Å². The topological polar surface area (TPSA) is 56.5 Å². The summed E-state index contributed by atoms with van der Waals surface area (Å²) < 4.78 is 6.89. The Balaban J connectivity index is 2.48. The van der Waals surface area contributed by atoms with Crippen LogP contribution in [0.3, 0.4) is 0 Å². The third-order valence-electron chi connectivity index (χ3n) is 2.17. The van der Waals surface area contributed by atoms with Crippen LogP contribution in [0.15, 0.2) is 18.3 Å². The van der Waals surface area contributed by atoms with Gasteiger partial charge in [0.25, 0.3) is 0 Å². The lowest BCUT2D eigenvalue weighted by Gasteiger charge is -2.08. The Morgan fingerprint density at radius 3 is 2.88 bits per heavy atom. The maximum atomic E-state index is 11.8. The zero-order valence-electron chi connectivity index (χ0n) is 9.47. The molecule has 84 valence electrons. The minimum absolute atomic E-state index is 0.142. The van der Waals surface area contributed by atoms with E-state index in [9.17, 15) is 4.79 Å². The maximum absolute atomic E-state index is 11.8. The fourth-order valence-electron chi connectivity index (χ4n) is 1.47. The summed E-state index contributed by atoms with van der Waals surface area (Å²) >= 11 is 0. The van der Waals surface area contributed by atoms with E-state index in [4.69, 9.17) is 4.74 Å². The summed E-state index contributed by atoms with van der Waals surface area (Å²) in [6.45, 7) is 5.46. The number of aromatic nitrogens is 3. The van der Waals surface area contributed by atoms with Crippen molar-refractivity contribution in [2.24, 2.45) is 0 Å². The summed E-state index contributed by atoms with van der Waals surface area (Å²) in [4.78, 5) is 11.8. The minimum Gasteiger partial charge on any atom is -0.459 e. The fraction of sp³-hybridized carbons (Fsp3) is 0.364. The molecular weight excluding hydrogens is 206 g/mol. The first kappa shape index (κ1) is 10.6. The van der Waals surface area contributed by atoms with Crippen LogP contribution >= 0.6 is 0 Å². The van der Waals surface area contributed by atoms with E-state index < -0.39 is 0 Å². The standard InChI is InChI=1S/C11H13N3O2/c1-7(2)16-11(15)9-5-4-6-14-8(3)12-13-10(9)14/h4-7H,1-3H3. The van der Waals surface area contributed by atoms with E-state index in [1.54, 1.807) is 16.5 Å². The number of pyridine rings is 1. The maximum Gasteiger partial charge on any atom is 0.342 e. The zero-order valence-corrected chi connectivity index (χ0v) is 9.47. The second kappa shape index (κ2) is 3.92. The average molecular weight is 219 g/mol. The van der Waals surface area contributed by atoms with Crippen molar-refractivity contribution in [1.82, 2.24) is 14.6 Å². The predicted molar refractivity (Wildman–Crippen MR) is 58.3 cm³/mol. The van der Waals surface area contributed by atoms with Crippen LogP contribution in [0.4, 0.5) is 0 Å². The van der Waals surface area contributed by atoms with Crippen molar-refractivity contribution in [3.63, 3.8) is 0 Å². The zero-order chi connectivity index (χ0) is 11.7. The molecule has 2 rings (SSSR count). The van der Waals surface area contributed by atoms with Crippen LogP contribution in [0.2, 0.25) is 0 Å². The average Bonchev–Trinajstić information content (AvgIpc) is 2.59. The molecule has 16 heavy (non-hydrogen) atoms. The highest BCUT2D eigenvalue weighted by Gasteiger charge is 2.15. The van der Waals surface area contributed by atoms with Crippen molar-refractivity contribution < 1.29 is 9.53 Å². The van der Waals surface area contributed by atoms with Gasteiger partial charge in [0.05, 0.1) is 6.10 Å². The molecule has 2 heterocycles. The number of carbonyl (C=O) groups is 1. The van der Waals surface area contributed by atoms with E-state index in [2.05, 4.69) is 10.2 Å². The molecule has 5 heteroatoms. The summed E-state index contributed by atoms with van der Waals surface area (Å²) in [7, 11) is 0. The van der Waals surface area contributed by atoms with E-state index >= 15 is 0 Å². The van der Waals surface area contributed by atoms with Gasteiger partial charge < -0.3 is 4.74 Å². The Hall–Kier alpha value is -1.91. The van der Waals surface area contributed by atoms with Crippen molar-refractivity contribution in [1.29, 1.82) is 0 Å². The molecular formula is C11H13N3O2. The molecule has 0 aliphatic rings. The van der Waals surface area contributed by atoms with Gasteiger partial charge in [0.15, 0.2) is 5.65 Å². The first-order chi connectivity index (χ1) is 7.59. The third-order valence-corrected chi connectivity index (χ3v) is 2.17. The fourth-order valence-corrected chi connectivity index (χ4v) is 1.47. The van der Waals surface area contributed by atoms with Gasteiger partial charge >= 0.3 is 5.97 Å². The van der Waals surface area contributed by atoms with Gasteiger partial charge in [-0.05, 0) is 32.9 Å². The summed E-state index contributed by atoms with van der Waals surface area (Å²) in [5, 5.41) is 7.88. The van der Waals surface area contributed by atoms with Crippen LogP contribution in [0.1, 0.15) is 30.0 Å². The molecule has 5 nitrogen and oxygen atoms in total. The molecule has 0 fully saturated rings. The number of nitrogens with zero attached hydrogens (tertiary/aromatic N) is 3. The lowest BCUT2D eigenvalue weighted by atomic mass is 10.2. The highest BCUT2D eigenvalue weighted by Crippen LogP contribution is 2.11. The number of esters is 1. The van der Waals surface area contributed by atoms with Gasteiger partial charge in [-0.15, -0.1) is 10.2 Å². The van der Waals surface area contributed by atoms with Crippen LogP contribution in [0, 0.1) is 6.92 Å². The van der Waals surface area contributed by atoms with Crippen LogP contribution in [-0.2, 0) is 4.74 Å². The van der Waals surface area contributed by atoms with Gasteiger partial charge in [-0.25, -0.2) is 4.79 Å². The Kier molecular flexibility index (Phi) is 2.60. The second-order valence-electron chi connectivity index (χ2n) is 3.82. The molecule has 0 radical (unpaired) electrons. The monoisotopic (exact) mass is 219 g/mol.